The van der Waals surface area contributed by atoms with E-state index in [9.17, 15) is 0 Å². The van der Waals surface area contributed by atoms with Crippen LogP contribution in [0.5, 0.6) is 0 Å². The number of carboxylic acid groups (broad SMARTS) is 4. The minimum atomic E-state index is -1.82. The van der Waals surface area contributed by atoms with Crippen molar-refractivity contribution in [2.45, 2.75) is 88.6 Å². The molecule has 0 spiro atoms. The van der Waals surface area contributed by atoms with Crippen molar-refractivity contribution in [1.82, 2.24) is 10.6 Å². The van der Waals surface area contributed by atoms with Crippen LogP contribution in [0.15, 0.2) is 24.3 Å². The Balaban J connectivity index is 0. The molecule has 0 amide bonds. The van der Waals surface area contributed by atoms with Crippen LogP contribution in [0.25, 0.3) is 0 Å². The molecule has 2 aliphatic rings. The molecule has 2 aliphatic carbocycles. The molecular weight excluding hydrogens is 862 g/mol. The average Bonchev–Trinajstić information content (AvgIpc) is 2.84. The maximum atomic E-state index is 9.10. The van der Waals surface area contributed by atoms with Gasteiger partial charge in [-0.25, -0.2) is 19.2 Å². The molecule has 10 N–H and O–H groups in total. The molecule has 12 nitrogen and oxygen atoms in total. The molecule has 14 heteroatoms. The Bertz CT molecular complexity index is 785. The van der Waals surface area contributed by atoms with Crippen LogP contribution in [-0.2, 0) is 74.4 Å². The van der Waals surface area contributed by atoms with E-state index in [1.807, 2.05) is 0 Å². The van der Waals surface area contributed by atoms with E-state index in [-0.39, 0.29) is 42.1 Å². The molecule has 1 aromatic rings. The van der Waals surface area contributed by atoms with Gasteiger partial charge in [-0.2, -0.15) is 0 Å². The van der Waals surface area contributed by atoms with Crippen LogP contribution >= 0.6 is 0 Å². The van der Waals surface area contributed by atoms with Gasteiger partial charge in [0.15, 0.2) is 0 Å². The molecule has 3 rings (SSSR count). The first-order valence-corrected chi connectivity index (χ1v) is 12.0. The topological polar surface area (TPSA) is 225 Å². The van der Waals surface area contributed by atoms with Gasteiger partial charge in [-0.1, -0.05) is 49.9 Å². The van der Waals surface area contributed by atoms with Gasteiger partial charge in [0.2, 0.25) is 0 Å². The first-order chi connectivity index (χ1) is 17.0. The minimum absolute atomic E-state index is 0. The summed E-state index contributed by atoms with van der Waals surface area (Å²) in [5, 5.41) is 37.0. The summed E-state index contributed by atoms with van der Waals surface area (Å²) in [5.74, 6) is -7.30. The molecule has 4 atom stereocenters. The van der Waals surface area contributed by atoms with E-state index < -0.39 is 23.9 Å². The van der Waals surface area contributed by atoms with Gasteiger partial charge in [0.1, 0.15) is 0 Å². The van der Waals surface area contributed by atoms with Crippen molar-refractivity contribution in [3.8, 4) is 0 Å². The van der Waals surface area contributed by atoms with Crippen LogP contribution in [0.1, 0.15) is 62.5 Å². The maximum absolute atomic E-state index is 9.10. The molecule has 0 unspecified atom stereocenters. The standard InChI is InChI=1S/C20H34N4.2C2H2O4.2Pt/c21-17-9-3-5-11-19(17)23-13-15-7-1-2-8-16(15)14-24-20-12-6-4-10-18(20)22;2*3-1(4)2(5)6;;/h1-2,7-8,17-20,23-24H,3-6,9-14,21-22H2;2*(H,3,4)(H,5,6);;/t17-,18-,19-,20-;;;;/m1..../s1. The molecule has 0 radical (unpaired) electrons. The second-order valence-corrected chi connectivity index (χ2v) is 8.86. The van der Waals surface area contributed by atoms with Crippen LogP contribution in [0.4, 0.5) is 0 Å². The Morgan fingerprint density at radius 3 is 1.18 bits per heavy atom. The van der Waals surface area contributed by atoms with Crippen LogP contribution in [-0.4, -0.2) is 68.5 Å². The summed E-state index contributed by atoms with van der Waals surface area (Å²) < 4.78 is 0. The predicted molar refractivity (Wildman–Crippen MR) is 131 cm³/mol. The molecule has 1 aromatic carbocycles. The summed E-state index contributed by atoms with van der Waals surface area (Å²) in [6.45, 7) is 1.82. The molecule has 2 saturated carbocycles. The van der Waals surface area contributed by atoms with E-state index in [2.05, 4.69) is 34.9 Å². The van der Waals surface area contributed by atoms with Gasteiger partial charge >= 0.3 is 23.9 Å². The Labute approximate surface area is 250 Å². The Hall–Kier alpha value is -1.68. The van der Waals surface area contributed by atoms with Crippen LogP contribution < -0.4 is 22.1 Å². The number of rotatable bonds is 6. The summed E-state index contributed by atoms with van der Waals surface area (Å²) in [4.78, 5) is 36.4. The number of nitrogens with two attached hydrogens (primary N) is 2. The van der Waals surface area contributed by atoms with Crippen LogP contribution in [0, 0.1) is 0 Å². The molecule has 38 heavy (non-hydrogen) atoms. The summed E-state index contributed by atoms with van der Waals surface area (Å²) in [5.41, 5.74) is 15.3. The number of hydrogen-bond donors (Lipinski definition) is 8. The SMILES string of the molecule is N[C@@H]1CCCC[C@H]1NCc1ccccc1CN[C@@H]1CCCC[C@H]1N.O=C(O)C(=O)O.O=C(O)C(=O)O.[Pt].[Pt]. The number of aliphatic carboxylic acids is 4. The van der Waals surface area contributed by atoms with Gasteiger partial charge in [0, 0.05) is 79.4 Å². The quantitative estimate of drug-likeness (QED) is 0.185. The third kappa shape index (κ3) is 15.7. The van der Waals surface area contributed by atoms with E-state index in [0.717, 1.165) is 25.9 Å². The molecule has 222 valence electrons. The van der Waals surface area contributed by atoms with E-state index in [0.29, 0.717) is 24.2 Å². The molecule has 2 fully saturated rings. The third-order valence-corrected chi connectivity index (χ3v) is 6.23. The zero-order valence-electron chi connectivity index (χ0n) is 20.9. The molecule has 0 bridgehead atoms. The first-order valence-electron chi connectivity index (χ1n) is 12.0. The van der Waals surface area contributed by atoms with E-state index in [1.54, 1.807) is 0 Å². The third-order valence-electron chi connectivity index (χ3n) is 6.23. The summed E-state index contributed by atoms with van der Waals surface area (Å²) >= 11 is 0. The minimum Gasteiger partial charge on any atom is -0.473 e. The van der Waals surface area contributed by atoms with Crippen molar-refractivity contribution in [2.24, 2.45) is 11.5 Å². The molecule has 0 heterocycles. The number of hydrogen-bond acceptors (Lipinski definition) is 8. The summed E-state index contributed by atoms with van der Waals surface area (Å²) in [6, 6.07) is 10.3. The molecule has 0 saturated heterocycles. The summed E-state index contributed by atoms with van der Waals surface area (Å²) in [6.07, 6.45) is 9.88. The summed E-state index contributed by atoms with van der Waals surface area (Å²) in [7, 11) is 0. The van der Waals surface area contributed by atoms with Crippen LogP contribution in [0.2, 0.25) is 0 Å². The van der Waals surface area contributed by atoms with Gasteiger partial charge < -0.3 is 42.5 Å². The van der Waals surface area contributed by atoms with Gasteiger partial charge in [0.05, 0.1) is 0 Å². The largest absolute Gasteiger partial charge is 0.473 e. The van der Waals surface area contributed by atoms with Gasteiger partial charge in [-0.05, 0) is 36.8 Å². The van der Waals surface area contributed by atoms with Crippen LogP contribution in [0.3, 0.4) is 0 Å². The predicted octanol–water partition coefficient (Wildman–Crippen LogP) is 0.712. The van der Waals surface area contributed by atoms with Gasteiger partial charge in [-0.3, -0.25) is 0 Å². The smallest absolute Gasteiger partial charge is 0.414 e. The van der Waals surface area contributed by atoms with Crippen molar-refractivity contribution in [2.75, 3.05) is 0 Å². The molecule has 0 aliphatic heterocycles. The Morgan fingerprint density at radius 1 is 0.632 bits per heavy atom. The Morgan fingerprint density at radius 2 is 0.921 bits per heavy atom. The number of carboxylic acids is 4. The fraction of sp³-hybridized carbons (Fsp3) is 0.583. The van der Waals surface area contributed by atoms with Gasteiger partial charge in [0.25, 0.3) is 0 Å². The number of benzene rings is 1. The maximum Gasteiger partial charge on any atom is 0.414 e. The van der Waals surface area contributed by atoms with Gasteiger partial charge in [-0.15, -0.1) is 0 Å². The molecular formula is C24H38N4O8Pt2. The fourth-order valence-electron chi connectivity index (χ4n) is 4.21. The second-order valence-electron chi connectivity index (χ2n) is 8.86. The van der Waals surface area contributed by atoms with Crippen molar-refractivity contribution in [3.05, 3.63) is 35.4 Å². The van der Waals surface area contributed by atoms with Crippen molar-refractivity contribution >= 4 is 23.9 Å². The second kappa shape index (κ2) is 21.2. The first kappa shape index (κ1) is 38.5. The van der Waals surface area contributed by atoms with Crippen molar-refractivity contribution < 1.29 is 81.7 Å². The van der Waals surface area contributed by atoms with E-state index in [4.69, 9.17) is 51.1 Å². The van der Waals surface area contributed by atoms with E-state index >= 15 is 0 Å². The number of carbonyl (C=O) groups is 4. The monoisotopic (exact) mass is 900 g/mol. The van der Waals surface area contributed by atoms with Crippen molar-refractivity contribution in [1.29, 1.82) is 0 Å². The average molecular weight is 901 g/mol. The Kier molecular flexibility index (Phi) is 21.4. The fourth-order valence-corrected chi connectivity index (χ4v) is 4.21. The van der Waals surface area contributed by atoms with Crippen molar-refractivity contribution in [3.63, 3.8) is 0 Å². The van der Waals surface area contributed by atoms with E-state index in [1.165, 1.54) is 49.7 Å². The molecule has 0 aromatic heterocycles. The normalized spacial score (nSPS) is 21.9. The zero-order valence-corrected chi connectivity index (χ0v) is 25.4. The zero-order chi connectivity index (χ0) is 27.1. The number of nitrogens with one attached hydrogen (secondary N) is 2.